The summed E-state index contributed by atoms with van der Waals surface area (Å²) >= 11 is 0. The zero-order valence-electron chi connectivity index (χ0n) is 32.3. The number of carbonyl (C=O) groups is 4. The Balaban J connectivity index is 1.18. The Morgan fingerprint density at radius 3 is 2.28 bits per heavy atom. The number of nitrogens with zero attached hydrogens (tertiary/aromatic N) is 4. The number of esters is 1. The van der Waals surface area contributed by atoms with Crippen molar-refractivity contribution in [1.82, 2.24) is 19.6 Å². The fraction of sp³-hybridized carbons (Fsp3) is 0.610. The lowest BCUT2D eigenvalue weighted by molar-refractivity contribution is -0.143. The Bertz CT molecular complexity index is 1560. The number of rotatable bonds is 13. The summed E-state index contributed by atoms with van der Waals surface area (Å²) in [6, 6.07) is 11.4. The van der Waals surface area contributed by atoms with Crippen molar-refractivity contribution in [3.63, 3.8) is 0 Å². The molecule has 3 aliphatic heterocycles. The molecule has 53 heavy (non-hydrogen) atoms. The Morgan fingerprint density at radius 2 is 1.62 bits per heavy atom. The first kappa shape index (κ1) is 39.9. The molecule has 1 unspecified atom stereocenters. The van der Waals surface area contributed by atoms with Gasteiger partial charge in [0.25, 0.3) is 5.91 Å². The van der Waals surface area contributed by atoms with E-state index < -0.39 is 12.2 Å². The maximum Gasteiger partial charge on any atom is 0.410 e. The molecule has 3 aliphatic rings. The highest BCUT2D eigenvalue weighted by Gasteiger charge is 2.36. The van der Waals surface area contributed by atoms with Gasteiger partial charge in [-0.05, 0) is 99.6 Å². The van der Waals surface area contributed by atoms with Crippen LogP contribution in [0.4, 0.5) is 15.3 Å². The maximum atomic E-state index is 14.2. The maximum absolute atomic E-state index is 14.2. The monoisotopic (exact) mass is 733 g/mol. The first-order valence-corrected chi connectivity index (χ1v) is 19.5. The summed E-state index contributed by atoms with van der Waals surface area (Å²) in [4.78, 5) is 60.6. The lowest BCUT2D eigenvalue weighted by atomic mass is 9.84. The second-order valence-corrected chi connectivity index (χ2v) is 15.0. The normalized spacial score (nSPS) is 18.2. The average molecular weight is 734 g/mol. The summed E-state index contributed by atoms with van der Waals surface area (Å²) in [6.07, 6.45) is 2.77. The zero-order valence-corrected chi connectivity index (χ0v) is 32.3. The number of phenols is 1. The fourth-order valence-electron chi connectivity index (χ4n) is 8.16. The highest BCUT2D eigenvalue weighted by Crippen LogP contribution is 2.29. The largest absolute Gasteiger partial charge is 0.507 e. The van der Waals surface area contributed by atoms with Crippen LogP contribution in [-0.4, -0.2) is 120 Å². The fourth-order valence-corrected chi connectivity index (χ4v) is 8.16. The number of anilines is 1. The van der Waals surface area contributed by atoms with E-state index in [2.05, 4.69) is 24.1 Å². The van der Waals surface area contributed by atoms with Gasteiger partial charge in [0.15, 0.2) is 6.10 Å². The number of hydrogen-bond donors (Lipinski definition) is 2. The molecule has 0 bridgehead atoms. The number of benzene rings is 2. The summed E-state index contributed by atoms with van der Waals surface area (Å²) in [5.74, 6) is 0.673. The van der Waals surface area contributed by atoms with Crippen molar-refractivity contribution in [3.8, 4) is 5.75 Å². The minimum Gasteiger partial charge on any atom is -0.507 e. The smallest absolute Gasteiger partial charge is 0.410 e. The number of piperidine rings is 2. The average Bonchev–Trinajstić information content (AvgIpc) is 3.33. The highest BCUT2D eigenvalue weighted by molar-refractivity contribution is 5.91. The molecule has 290 valence electrons. The van der Waals surface area contributed by atoms with E-state index in [1.165, 1.54) is 0 Å². The van der Waals surface area contributed by atoms with Gasteiger partial charge in [-0.1, -0.05) is 44.2 Å². The van der Waals surface area contributed by atoms with Gasteiger partial charge in [-0.2, -0.15) is 0 Å². The van der Waals surface area contributed by atoms with Crippen molar-refractivity contribution < 1.29 is 33.8 Å². The number of aromatic hydroxyl groups is 1. The molecule has 2 aromatic carbocycles. The minimum atomic E-state index is -1.01. The second kappa shape index (κ2) is 18.6. The van der Waals surface area contributed by atoms with Crippen molar-refractivity contribution in [3.05, 3.63) is 58.7 Å². The number of amides is 4. The van der Waals surface area contributed by atoms with Crippen LogP contribution in [-0.2, 0) is 31.9 Å². The Labute approximate surface area is 314 Å². The van der Waals surface area contributed by atoms with Gasteiger partial charge in [0, 0.05) is 64.0 Å². The van der Waals surface area contributed by atoms with E-state index >= 15 is 0 Å². The van der Waals surface area contributed by atoms with Crippen LogP contribution >= 0.6 is 0 Å². The SMILES string of the molecule is CCOC(=O)CCN(CC)CC(C)C1CCN(C(=O)[C@@H](Cc2cc(C)c(O)c(C)c2)OC(=O)N2CCC(N3CCc4ccccc4NC3=O)CC2)CC1. The molecule has 2 saturated heterocycles. The Morgan fingerprint density at radius 1 is 0.962 bits per heavy atom. The van der Waals surface area contributed by atoms with Crippen molar-refractivity contribution in [2.75, 3.05) is 64.3 Å². The number of para-hydroxylation sites is 1. The second-order valence-electron chi connectivity index (χ2n) is 15.0. The number of hydrogen-bond acceptors (Lipinski definition) is 8. The van der Waals surface area contributed by atoms with Crippen LogP contribution < -0.4 is 5.32 Å². The van der Waals surface area contributed by atoms with Gasteiger partial charge in [0.05, 0.1) is 13.0 Å². The number of aryl methyl sites for hydroxylation is 2. The summed E-state index contributed by atoms with van der Waals surface area (Å²) in [5.41, 5.74) is 4.20. The van der Waals surface area contributed by atoms with E-state index in [1.807, 2.05) is 67.0 Å². The molecular formula is C41H59N5O7. The third-order valence-corrected chi connectivity index (χ3v) is 11.4. The van der Waals surface area contributed by atoms with E-state index in [1.54, 1.807) is 4.90 Å². The minimum absolute atomic E-state index is 0.000559. The highest BCUT2D eigenvalue weighted by atomic mass is 16.6. The van der Waals surface area contributed by atoms with Gasteiger partial charge in [0.1, 0.15) is 5.75 Å². The van der Waals surface area contributed by atoms with Crippen LogP contribution in [0.3, 0.4) is 0 Å². The molecule has 3 heterocycles. The number of nitrogens with one attached hydrogen (secondary N) is 1. The van der Waals surface area contributed by atoms with Crippen LogP contribution in [0.15, 0.2) is 36.4 Å². The summed E-state index contributed by atoms with van der Waals surface area (Å²) < 4.78 is 11.2. The van der Waals surface area contributed by atoms with Crippen LogP contribution in [0.1, 0.15) is 75.1 Å². The molecule has 12 nitrogen and oxygen atoms in total. The first-order valence-electron chi connectivity index (χ1n) is 19.5. The van der Waals surface area contributed by atoms with Crippen molar-refractivity contribution in [2.24, 2.45) is 11.8 Å². The van der Waals surface area contributed by atoms with Gasteiger partial charge in [0.2, 0.25) is 0 Å². The van der Waals surface area contributed by atoms with E-state index in [9.17, 15) is 24.3 Å². The number of fused-ring (bicyclic) bond motifs is 1. The summed E-state index contributed by atoms with van der Waals surface area (Å²) in [5, 5.41) is 13.4. The molecule has 5 rings (SSSR count). The third kappa shape index (κ3) is 10.4. The van der Waals surface area contributed by atoms with Crippen LogP contribution in [0, 0.1) is 25.7 Å². The molecule has 2 N–H and O–H groups in total. The van der Waals surface area contributed by atoms with Gasteiger partial charge in [-0.15, -0.1) is 0 Å². The predicted octanol–water partition coefficient (Wildman–Crippen LogP) is 5.76. The molecule has 0 saturated carbocycles. The molecule has 2 atom stereocenters. The Hall–Kier alpha value is -4.32. The standard InChI is InChI=1S/C41H59N5O7/c1-6-43(18-17-37(47)52-7-2)27-30(5)32-12-19-44(20-13-32)39(49)36(26-31-24-28(3)38(48)29(4)25-31)53-41(51)45-21-15-34(16-22-45)46-23-14-33-10-8-9-11-35(33)42-40(46)50/h8-11,24-25,30,32,34,36,48H,6-7,12-23,26-27H2,1-5H3,(H,42,50)/t30?,36-/m1/s1. The third-order valence-electron chi connectivity index (χ3n) is 11.4. The van der Waals surface area contributed by atoms with Gasteiger partial charge >= 0.3 is 18.1 Å². The number of ether oxygens (including phenoxy) is 2. The number of urea groups is 1. The molecule has 0 spiro atoms. The number of phenolic OH excluding ortho intramolecular Hbond substituents is 1. The molecule has 0 aliphatic carbocycles. The molecule has 0 radical (unpaired) electrons. The van der Waals surface area contributed by atoms with Crippen molar-refractivity contribution in [1.29, 1.82) is 0 Å². The quantitative estimate of drug-likeness (QED) is 0.249. The number of likely N-dealkylation sites (tertiary alicyclic amines) is 2. The Kier molecular flexibility index (Phi) is 14.0. The topological polar surface area (TPSA) is 132 Å². The van der Waals surface area contributed by atoms with Gasteiger partial charge in [-0.25, -0.2) is 9.59 Å². The van der Waals surface area contributed by atoms with E-state index in [0.717, 1.165) is 49.2 Å². The molecule has 12 heteroatoms. The van der Waals surface area contributed by atoms with E-state index in [4.69, 9.17) is 9.47 Å². The first-order chi connectivity index (χ1) is 25.5. The van der Waals surface area contributed by atoms with Crippen LogP contribution in [0.5, 0.6) is 5.75 Å². The van der Waals surface area contributed by atoms with Gasteiger partial charge < -0.3 is 39.5 Å². The predicted molar refractivity (Wildman–Crippen MR) is 204 cm³/mol. The van der Waals surface area contributed by atoms with Crippen LogP contribution in [0.2, 0.25) is 0 Å². The molecule has 2 fully saturated rings. The lowest BCUT2D eigenvalue weighted by Crippen LogP contribution is -2.52. The van der Waals surface area contributed by atoms with Gasteiger partial charge in [-0.3, -0.25) is 9.59 Å². The zero-order chi connectivity index (χ0) is 38.1. The van der Waals surface area contributed by atoms with E-state index in [0.29, 0.717) is 88.1 Å². The molecule has 0 aromatic heterocycles. The molecular weight excluding hydrogens is 674 g/mol. The van der Waals surface area contributed by atoms with E-state index in [-0.39, 0.29) is 36.1 Å². The summed E-state index contributed by atoms with van der Waals surface area (Å²) in [7, 11) is 0. The molecule has 4 amide bonds. The molecule has 2 aromatic rings. The van der Waals surface area contributed by atoms with Crippen LogP contribution in [0.25, 0.3) is 0 Å². The van der Waals surface area contributed by atoms with Crippen molar-refractivity contribution in [2.45, 2.75) is 91.7 Å². The lowest BCUT2D eigenvalue weighted by Gasteiger charge is -2.39. The number of carbonyl (C=O) groups excluding carboxylic acids is 4. The summed E-state index contributed by atoms with van der Waals surface area (Å²) in [6.45, 7) is 15.2. The van der Waals surface area contributed by atoms with Crippen molar-refractivity contribution >= 4 is 29.7 Å².